The smallest absolute Gasteiger partial charge is 0.0687 e. The van der Waals surface area contributed by atoms with Crippen molar-refractivity contribution in [3.63, 3.8) is 0 Å². The molecular weight excluding hydrogens is 252 g/mol. The van der Waals surface area contributed by atoms with E-state index in [-0.39, 0.29) is 6.04 Å². The predicted molar refractivity (Wildman–Crippen MR) is 73.8 cm³/mol. The van der Waals surface area contributed by atoms with Crippen molar-refractivity contribution in [1.82, 2.24) is 10.3 Å². The van der Waals surface area contributed by atoms with Crippen molar-refractivity contribution in [3.05, 3.63) is 50.9 Å². The third kappa shape index (κ3) is 2.86. The minimum atomic E-state index is 0.161. The Balaban J connectivity index is 2.39. The third-order valence-electron chi connectivity index (χ3n) is 2.57. The molecule has 0 saturated carbocycles. The van der Waals surface area contributed by atoms with Gasteiger partial charge in [0.1, 0.15) is 0 Å². The zero-order valence-corrected chi connectivity index (χ0v) is 11.5. The van der Waals surface area contributed by atoms with Gasteiger partial charge in [-0.25, -0.2) is 0 Å². The molecule has 2 nitrogen and oxygen atoms in total. The van der Waals surface area contributed by atoms with E-state index in [0.717, 1.165) is 17.3 Å². The second kappa shape index (κ2) is 5.63. The lowest BCUT2D eigenvalue weighted by Crippen LogP contribution is -2.21. The largest absolute Gasteiger partial charge is 0.306 e. The molecule has 1 atom stereocenters. The quantitative estimate of drug-likeness (QED) is 0.910. The Morgan fingerprint density at radius 2 is 2.29 bits per heavy atom. The first-order valence-electron chi connectivity index (χ1n) is 5.61. The fourth-order valence-electron chi connectivity index (χ4n) is 1.82. The number of thiophene rings is 1. The summed E-state index contributed by atoms with van der Waals surface area (Å²) in [5.41, 5.74) is 2.24. The Morgan fingerprint density at radius 3 is 2.88 bits per heavy atom. The molecule has 2 rings (SSSR count). The number of pyridine rings is 1. The lowest BCUT2D eigenvalue weighted by molar-refractivity contribution is 0.638. The zero-order valence-electron chi connectivity index (χ0n) is 9.90. The SMILES string of the molecule is CCNC(c1ccnc(C)c1)c1sccc1Cl. The van der Waals surface area contributed by atoms with Gasteiger partial charge in [-0.1, -0.05) is 18.5 Å². The highest BCUT2D eigenvalue weighted by atomic mass is 35.5. The molecule has 0 spiro atoms. The van der Waals surface area contributed by atoms with Crippen molar-refractivity contribution < 1.29 is 0 Å². The number of aromatic nitrogens is 1. The number of aryl methyl sites for hydroxylation is 1. The van der Waals surface area contributed by atoms with Crippen molar-refractivity contribution in [1.29, 1.82) is 0 Å². The topological polar surface area (TPSA) is 24.9 Å². The molecule has 0 aliphatic rings. The molecule has 2 aromatic heterocycles. The summed E-state index contributed by atoms with van der Waals surface area (Å²) in [7, 11) is 0. The van der Waals surface area contributed by atoms with Crippen molar-refractivity contribution in [2.24, 2.45) is 0 Å². The molecule has 0 bridgehead atoms. The zero-order chi connectivity index (χ0) is 12.3. The number of nitrogens with zero attached hydrogens (tertiary/aromatic N) is 1. The molecule has 2 aromatic rings. The number of hydrogen-bond acceptors (Lipinski definition) is 3. The number of rotatable bonds is 4. The molecule has 0 aromatic carbocycles. The standard InChI is InChI=1S/C13H15ClN2S/c1-3-15-12(13-11(14)5-7-17-13)10-4-6-16-9(2)8-10/h4-8,12,15H,3H2,1-2H3. The highest BCUT2D eigenvalue weighted by Crippen LogP contribution is 2.32. The van der Waals surface area contributed by atoms with Gasteiger partial charge in [0.05, 0.1) is 11.1 Å². The molecule has 0 aliphatic carbocycles. The van der Waals surface area contributed by atoms with E-state index in [9.17, 15) is 0 Å². The molecule has 4 heteroatoms. The minimum Gasteiger partial charge on any atom is -0.306 e. The first-order chi connectivity index (χ1) is 8.22. The van der Waals surface area contributed by atoms with E-state index >= 15 is 0 Å². The van der Waals surface area contributed by atoms with Crippen molar-refractivity contribution in [2.75, 3.05) is 6.54 Å². The summed E-state index contributed by atoms with van der Waals surface area (Å²) < 4.78 is 0. The fraction of sp³-hybridized carbons (Fsp3) is 0.308. The van der Waals surface area contributed by atoms with Crippen LogP contribution in [0.3, 0.4) is 0 Å². The van der Waals surface area contributed by atoms with Gasteiger partial charge >= 0.3 is 0 Å². The highest BCUT2D eigenvalue weighted by Gasteiger charge is 2.17. The normalized spacial score (nSPS) is 12.6. The first-order valence-corrected chi connectivity index (χ1v) is 6.87. The maximum Gasteiger partial charge on any atom is 0.0687 e. The first kappa shape index (κ1) is 12.6. The van der Waals surface area contributed by atoms with Crippen molar-refractivity contribution >= 4 is 22.9 Å². The van der Waals surface area contributed by atoms with Crippen LogP contribution in [0, 0.1) is 6.92 Å². The molecule has 17 heavy (non-hydrogen) atoms. The summed E-state index contributed by atoms with van der Waals surface area (Å²) in [5, 5.41) is 6.32. The van der Waals surface area contributed by atoms with Gasteiger partial charge < -0.3 is 5.32 Å². The van der Waals surface area contributed by atoms with Crippen LogP contribution in [-0.2, 0) is 0 Å². The van der Waals surface area contributed by atoms with Gasteiger partial charge in [-0.3, -0.25) is 4.98 Å². The van der Waals surface area contributed by atoms with E-state index in [1.54, 1.807) is 11.3 Å². The summed E-state index contributed by atoms with van der Waals surface area (Å²) in [6.45, 7) is 5.01. The monoisotopic (exact) mass is 266 g/mol. The van der Waals surface area contributed by atoms with E-state index < -0.39 is 0 Å². The van der Waals surface area contributed by atoms with Gasteiger partial charge in [0, 0.05) is 16.8 Å². The lowest BCUT2D eigenvalue weighted by atomic mass is 10.1. The molecular formula is C13H15ClN2S. The second-order valence-corrected chi connectivity index (χ2v) is 5.21. The average molecular weight is 267 g/mol. The number of nitrogens with one attached hydrogen (secondary N) is 1. The van der Waals surface area contributed by atoms with Gasteiger partial charge in [0.15, 0.2) is 0 Å². The van der Waals surface area contributed by atoms with E-state index in [0.29, 0.717) is 0 Å². The molecule has 1 N–H and O–H groups in total. The van der Waals surface area contributed by atoms with Crippen molar-refractivity contribution in [2.45, 2.75) is 19.9 Å². The van der Waals surface area contributed by atoms with Crippen LogP contribution in [-0.4, -0.2) is 11.5 Å². The summed E-state index contributed by atoms with van der Waals surface area (Å²) in [5.74, 6) is 0. The number of hydrogen-bond donors (Lipinski definition) is 1. The number of halogens is 1. The van der Waals surface area contributed by atoms with Crippen LogP contribution in [0.2, 0.25) is 5.02 Å². The minimum absolute atomic E-state index is 0.161. The van der Waals surface area contributed by atoms with Gasteiger partial charge in [-0.05, 0) is 42.6 Å². The summed E-state index contributed by atoms with van der Waals surface area (Å²) in [4.78, 5) is 5.39. The highest BCUT2D eigenvalue weighted by molar-refractivity contribution is 7.10. The molecule has 2 heterocycles. The Morgan fingerprint density at radius 1 is 1.47 bits per heavy atom. The molecule has 1 unspecified atom stereocenters. The Bertz CT molecular complexity index is 496. The van der Waals surface area contributed by atoms with Crippen LogP contribution in [0.15, 0.2) is 29.8 Å². The molecule has 0 radical (unpaired) electrons. The van der Waals surface area contributed by atoms with Crippen LogP contribution in [0.25, 0.3) is 0 Å². The maximum atomic E-state index is 6.21. The van der Waals surface area contributed by atoms with Crippen LogP contribution >= 0.6 is 22.9 Å². The Hall–Kier alpha value is -0.900. The van der Waals surface area contributed by atoms with Crippen LogP contribution < -0.4 is 5.32 Å². The molecule has 0 amide bonds. The predicted octanol–water partition coefficient (Wildman–Crippen LogP) is 3.80. The van der Waals surface area contributed by atoms with Crippen LogP contribution in [0.5, 0.6) is 0 Å². The third-order valence-corrected chi connectivity index (χ3v) is 3.99. The van der Waals surface area contributed by atoms with Crippen LogP contribution in [0.4, 0.5) is 0 Å². The molecule has 90 valence electrons. The van der Waals surface area contributed by atoms with E-state index in [1.165, 1.54) is 10.4 Å². The lowest BCUT2D eigenvalue weighted by Gasteiger charge is -2.17. The molecule has 0 saturated heterocycles. The summed E-state index contributed by atoms with van der Waals surface area (Å²) in [6.07, 6.45) is 1.84. The van der Waals surface area contributed by atoms with Gasteiger partial charge in [-0.15, -0.1) is 11.3 Å². The van der Waals surface area contributed by atoms with Gasteiger partial charge in [0.2, 0.25) is 0 Å². The van der Waals surface area contributed by atoms with E-state index in [2.05, 4.69) is 23.3 Å². The fourth-order valence-corrected chi connectivity index (χ4v) is 3.09. The second-order valence-electron chi connectivity index (χ2n) is 3.85. The van der Waals surface area contributed by atoms with Crippen molar-refractivity contribution in [3.8, 4) is 0 Å². The average Bonchev–Trinajstić information content (AvgIpc) is 2.72. The Kier molecular flexibility index (Phi) is 4.15. The van der Waals surface area contributed by atoms with E-state index in [1.807, 2.05) is 30.6 Å². The Labute approximate surface area is 111 Å². The summed E-state index contributed by atoms with van der Waals surface area (Å²) in [6, 6.07) is 6.24. The van der Waals surface area contributed by atoms with E-state index in [4.69, 9.17) is 11.6 Å². The maximum absolute atomic E-state index is 6.21. The van der Waals surface area contributed by atoms with Gasteiger partial charge in [-0.2, -0.15) is 0 Å². The molecule has 0 fully saturated rings. The molecule has 0 aliphatic heterocycles. The van der Waals surface area contributed by atoms with Gasteiger partial charge in [0.25, 0.3) is 0 Å². The summed E-state index contributed by atoms with van der Waals surface area (Å²) >= 11 is 7.90. The van der Waals surface area contributed by atoms with Crippen LogP contribution in [0.1, 0.15) is 29.1 Å².